The maximum atomic E-state index is 6.21. The Balaban J connectivity index is 2.22. The highest BCUT2D eigenvalue weighted by molar-refractivity contribution is 9.08. The molecule has 2 rings (SSSR count). The zero-order chi connectivity index (χ0) is 14.7. The van der Waals surface area contributed by atoms with Crippen LogP contribution in [0.1, 0.15) is 23.9 Å². The molecule has 0 saturated heterocycles. The molecule has 0 aliphatic heterocycles. The van der Waals surface area contributed by atoms with E-state index < -0.39 is 0 Å². The quantitative estimate of drug-likeness (QED) is 0.686. The molecular weight excluding hydrogens is 363 g/mol. The summed E-state index contributed by atoms with van der Waals surface area (Å²) in [4.78, 5) is 0. The normalized spacial score (nSPS) is 10.8. The molecule has 6 heteroatoms. The zero-order valence-electron chi connectivity index (χ0n) is 11.3. The molecule has 0 N–H and O–H groups in total. The predicted molar refractivity (Wildman–Crippen MR) is 86.1 cm³/mol. The number of hydrogen-bond donors (Lipinski definition) is 0. The summed E-state index contributed by atoms with van der Waals surface area (Å²) in [6.45, 7) is 5.26. The van der Waals surface area contributed by atoms with Gasteiger partial charge in [0.1, 0.15) is 12.4 Å². The molecule has 0 bridgehead atoms. The van der Waals surface area contributed by atoms with Crippen LogP contribution in [-0.4, -0.2) is 9.78 Å². The first-order chi connectivity index (χ1) is 9.55. The van der Waals surface area contributed by atoms with Crippen LogP contribution in [0.3, 0.4) is 0 Å². The molecule has 0 saturated carbocycles. The van der Waals surface area contributed by atoms with Crippen LogP contribution in [0.15, 0.2) is 18.2 Å². The number of aryl methyl sites for hydroxylation is 2. The third kappa shape index (κ3) is 3.48. The van der Waals surface area contributed by atoms with Crippen molar-refractivity contribution in [1.82, 2.24) is 9.78 Å². The van der Waals surface area contributed by atoms with Crippen molar-refractivity contribution in [3.05, 3.63) is 45.2 Å². The number of rotatable bonds is 5. The number of aromatic nitrogens is 2. The highest BCUT2D eigenvalue weighted by Crippen LogP contribution is 2.34. The van der Waals surface area contributed by atoms with Crippen LogP contribution < -0.4 is 4.74 Å². The van der Waals surface area contributed by atoms with Crippen molar-refractivity contribution in [3.63, 3.8) is 0 Å². The molecule has 1 heterocycles. The first-order valence-corrected chi connectivity index (χ1v) is 8.13. The number of hydrogen-bond acceptors (Lipinski definition) is 2. The minimum absolute atomic E-state index is 0.427. The Morgan fingerprint density at radius 1 is 1.30 bits per heavy atom. The van der Waals surface area contributed by atoms with E-state index >= 15 is 0 Å². The SMILES string of the molecule is CCn1nc(C)cc1COc1c(Cl)cc(Cl)cc1CBr. The smallest absolute Gasteiger partial charge is 0.142 e. The Morgan fingerprint density at radius 3 is 2.70 bits per heavy atom. The zero-order valence-corrected chi connectivity index (χ0v) is 14.4. The van der Waals surface area contributed by atoms with Crippen LogP contribution >= 0.6 is 39.1 Å². The third-order valence-electron chi connectivity index (χ3n) is 2.88. The minimum Gasteiger partial charge on any atom is -0.485 e. The summed E-state index contributed by atoms with van der Waals surface area (Å²) in [6, 6.07) is 5.55. The van der Waals surface area contributed by atoms with Gasteiger partial charge in [-0.1, -0.05) is 39.1 Å². The summed E-state index contributed by atoms with van der Waals surface area (Å²) in [5.41, 5.74) is 2.94. The second kappa shape index (κ2) is 6.83. The number of nitrogens with zero attached hydrogens (tertiary/aromatic N) is 2. The Labute approximate surface area is 137 Å². The van der Waals surface area contributed by atoms with Crippen LogP contribution in [0.25, 0.3) is 0 Å². The van der Waals surface area contributed by atoms with Gasteiger partial charge in [0.2, 0.25) is 0 Å². The molecule has 0 aliphatic rings. The van der Waals surface area contributed by atoms with Crippen molar-refractivity contribution in [3.8, 4) is 5.75 Å². The topological polar surface area (TPSA) is 27.1 Å². The molecule has 0 spiro atoms. The lowest BCUT2D eigenvalue weighted by Gasteiger charge is -2.13. The first-order valence-electron chi connectivity index (χ1n) is 6.25. The van der Waals surface area contributed by atoms with Gasteiger partial charge >= 0.3 is 0 Å². The van der Waals surface area contributed by atoms with Gasteiger partial charge < -0.3 is 4.74 Å². The summed E-state index contributed by atoms with van der Waals surface area (Å²) in [5, 5.41) is 6.15. The van der Waals surface area contributed by atoms with E-state index in [-0.39, 0.29) is 0 Å². The summed E-state index contributed by atoms with van der Waals surface area (Å²) in [5.74, 6) is 0.662. The maximum absolute atomic E-state index is 6.21. The Morgan fingerprint density at radius 2 is 2.05 bits per heavy atom. The second-order valence-electron chi connectivity index (χ2n) is 4.39. The average molecular weight is 378 g/mol. The Bertz CT molecular complexity index is 613. The fourth-order valence-electron chi connectivity index (χ4n) is 2.01. The molecule has 20 heavy (non-hydrogen) atoms. The molecule has 3 nitrogen and oxygen atoms in total. The molecule has 108 valence electrons. The summed E-state index contributed by atoms with van der Waals surface area (Å²) in [7, 11) is 0. The van der Waals surface area contributed by atoms with Crippen molar-refractivity contribution in [2.24, 2.45) is 0 Å². The molecule has 0 aliphatic carbocycles. The van der Waals surface area contributed by atoms with Crippen LogP contribution in [-0.2, 0) is 18.5 Å². The van der Waals surface area contributed by atoms with E-state index in [0.717, 1.165) is 23.5 Å². The lowest BCUT2D eigenvalue weighted by Crippen LogP contribution is -2.07. The van der Waals surface area contributed by atoms with Crippen molar-refractivity contribution < 1.29 is 4.74 Å². The lowest BCUT2D eigenvalue weighted by atomic mass is 10.2. The molecule has 1 aromatic heterocycles. The van der Waals surface area contributed by atoms with Gasteiger partial charge in [-0.3, -0.25) is 4.68 Å². The average Bonchev–Trinajstić information content (AvgIpc) is 2.77. The van der Waals surface area contributed by atoms with Crippen LogP contribution in [0.5, 0.6) is 5.75 Å². The van der Waals surface area contributed by atoms with E-state index in [1.165, 1.54) is 0 Å². The van der Waals surface area contributed by atoms with Gasteiger partial charge in [0, 0.05) is 22.5 Å². The third-order valence-corrected chi connectivity index (χ3v) is 3.98. The van der Waals surface area contributed by atoms with Gasteiger partial charge in [0.15, 0.2) is 0 Å². The van der Waals surface area contributed by atoms with Crippen LogP contribution in [0.2, 0.25) is 10.0 Å². The van der Waals surface area contributed by atoms with Crippen LogP contribution in [0, 0.1) is 6.92 Å². The molecule has 0 atom stereocenters. The molecular formula is C14H15BrCl2N2O. The minimum atomic E-state index is 0.427. The van der Waals surface area contributed by atoms with Gasteiger partial charge in [0.25, 0.3) is 0 Å². The van der Waals surface area contributed by atoms with E-state index in [2.05, 4.69) is 28.0 Å². The van der Waals surface area contributed by atoms with Crippen molar-refractivity contribution >= 4 is 39.1 Å². The molecule has 0 unspecified atom stereocenters. The van der Waals surface area contributed by atoms with Gasteiger partial charge in [0.05, 0.1) is 16.4 Å². The number of benzene rings is 1. The first kappa shape index (κ1) is 15.7. The van der Waals surface area contributed by atoms with Gasteiger partial charge in [-0.2, -0.15) is 5.10 Å². The summed E-state index contributed by atoms with van der Waals surface area (Å²) >= 11 is 15.6. The summed E-state index contributed by atoms with van der Waals surface area (Å²) in [6.07, 6.45) is 0. The van der Waals surface area contributed by atoms with Gasteiger partial charge in [-0.15, -0.1) is 0 Å². The standard InChI is InChI=1S/C14H15BrCl2N2O/c1-3-19-12(4-9(2)18-19)8-20-14-10(7-15)5-11(16)6-13(14)17/h4-6H,3,7-8H2,1-2H3. The number of alkyl halides is 1. The predicted octanol–water partition coefficient (Wildman–Crippen LogP) is 4.99. The van der Waals surface area contributed by atoms with Crippen LogP contribution in [0.4, 0.5) is 0 Å². The molecule has 0 fully saturated rings. The molecule has 0 amide bonds. The van der Waals surface area contributed by atoms with Gasteiger partial charge in [-0.05, 0) is 32.0 Å². The molecule has 0 radical (unpaired) electrons. The van der Waals surface area contributed by atoms with Gasteiger partial charge in [-0.25, -0.2) is 0 Å². The Kier molecular flexibility index (Phi) is 5.35. The van der Waals surface area contributed by atoms with Crippen molar-refractivity contribution in [2.45, 2.75) is 32.3 Å². The molecule has 2 aromatic rings. The van der Waals surface area contributed by atoms with E-state index in [1.54, 1.807) is 6.07 Å². The fourth-order valence-corrected chi connectivity index (χ4v) is 3.02. The Hall–Kier alpha value is -0.710. The highest BCUT2D eigenvalue weighted by atomic mass is 79.9. The van der Waals surface area contributed by atoms with E-state index in [0.29, 0.717) is 27.7 Å². The van der Waals surface area contributed by atoms with E-state index in [9.17, 15) is 0 Å². The highest BCUT2D eigenvalue weighted by Gasteiger charge is 2.12. The van der Waals surface area contributed by atoms with E-state index in [1.807, 2.05) is 23.7 Å². The van der Waals surface area contributed by atoms with E-state index in [4.69, 9.17) is 27.9 Å². The molecule has 1 aromatic carbocycles. The van der Waals surface area contributed by atoms with Crippen molar-refractivity contribution in [1.29, 1.82) is 0 Å². The fraction of sp³-hybridized carbons (Fsp3) is 0.357. The number of halogens is 3. The summed E-state index contributed by atoms with van der Waals surface area (Å²) < 4.78 is 7.80. The maximum Gasteiger partial charge on any atom is 0.142 e. The largest absolute Gasteiger partial charge is 0.485 e. The lowest BCUT2D eigenvalue weighted by molar-refractivity contribution is 0.290. The number of ether oxygens (including phenoxy) is 1. The van der Waals surface area contributed by atoms with Crippen molar-refractivity contribution in [2.75, 3.05) is 0 Å². The monoisotopic (exact) mass is 376 g/mol. The second-order valence-corrected chi connectivity index (χ2v) is 5.80.